The molecule has 0 unspecified atom stereocenters. The van der Waals surface area contributed by atoms with E-state index >= 15 is 0 Å². The van der Waals surface area contributed by atoms with Gasteiger partial charge in [0.2, 0.25) is 0 Å². The van der Waals surface area contributed by atoms with Crippen LogP contribution in [0.3, 0.4) is 0 Å². The van der Waals surface area contributed by atoms with Crippen molar-refractivity contribution in [1.29, 1.82) is 0 Å². The number of rotatable bonds is 9. The third-order valence-electron chi connectivity index (χ3n) is 10.1. The first-order chi connectivity index (χ1) is 29.4. The Morgan fingerprint density at radius 2 is 0.233 bits per heavy atom. The van der Waals surface area contributed by atoms with Crippen molar-refractivity contribution in [3.63, 3.8) is 0 Å². The van der Waals surface area contributed by atoms with Gasteiger partial charge >= 0.3 is 0 Å². The average molecular weight is 1610 g/mol. The molecule has 392 valence electrons. The first-order valence-electron chi connectivity index (χ1n) is 19.8. The minimum atomic E-state index is -2.78. The zero-order valence-corrected chi connectivity index (χ0v) is 50.7. The molecule has 0 saturated heterocycles. The van der Waals surface area contributed by atoms with Crippen LogP contribution in [0.25, 0.3) is 0 Å². The first-order valence-corrected chi connectivity index (χ1v) is 24.9. The van der Waals surface area contributed by atoms with E-state index in [1.165, 1.54) is 0 Å². The molecule has 0 aliphatic heterocycles. The molecule has 2 radical (unpaired) electrons. The summed E-state index contributed by atoms with van der Waals surface area (Å²) in [5.41, 5.74) is 0. The molecule has 0 saturated carbocycles. The van der Waals surface area contributed by atoms with Gasteiger partial charge in [0.1, 0.15) is 0 Å². The van der Waals surface area contributed by atoms with E-state index in [1.807, 2.05) is 273 Å². The van der Waals surface area contributed by atoms with Crippen LogP contribution in [0.1, 0.15) is 0 Å². The van der Waals surface area contributed by atoms with Crippen LogP contribution in [0, 0.1) is 31.1 Å². The molecule has 19 heteroatoms. The predicted octanol–water partition coefficient (Wildman–Crippen LogP) is 8.79. The maximum Gasteiger partial charge on any atom is 0.171 e. The molecule has 73 heavy (non-hydrogen) atoms. The average Bonchev–Trinajstić information content (AvgIpc) is 3.36. The minimum Gasteiger partial charge on any atom is -2.00 e. The van der Waals surface area contributed by atoms with Gasteiger partial charge in [0.05, 0.1) is 0 Å². The van der Waals surface area contributed by atoms with E-state index in [1.54, 1.807) is 0 Å². The molecule has 0 aliphatic carbocycles. The van der Waals surface area contributed by atoms with E-state index < -0.39 is 21.4 Å². The van der Waals surface area contributed by atoms with E-state index in [9.17, 15) is 13.7 Å². The Labute approximate surface area is 478 Å². The van der Waals surface area contributed by atoms with Gasteiger partial charge in [-0.1, -0.05) is 273 Å². The van der Waals surface area contributed by atoms with Crippen LogP contribution >= 0.6 is 21.4 Å². The smallest absolute Gasteiger partial charge is 0.171 e. The maximum atomic E-state index is 13.8. The fourth-order valence-corrected chi connectivity index (χ4v) is 15.1. The van der Waals surface area contributed by atoms with Gasteiger partial charge in [-0.2, -0.15) is 0 Å². The largest absolute Gasteiger partial charge is 2.00 e. The van der Waals surface area contributed by atoms with Crippen LogP contribution < -0.4 is 47.7 Å². The first kappa shape index (κ1) is 82.7. The van der Waals surface area contributed by atoms with Gasteiger partial charge in [-0.05, 0) is 0 Å². The Morgan fingerprint density at radius 3 is 0.301 bits per heavy atom. The van der Waals surface area contributed by atoms with E-state index in [0.29, 0.717) is 0 Å². The van der Waals surface area contributed by atoms with Crippen molar-refractivity contribution in [2.24, 2.45) is 0 Å². The van der Waals surface area contributed by atoms with Gasteiger partial charge in [-0.15, -0.1) is 0 Å². The zero-order valence-electron chi connectivity index (χ0n) is 38.4. The molecule has 0 fully saturated rings. The minimum absolute atomic E-state index is 0. The molecule has 0 spiro atoms. The van der Waals surface area contributed by atoms with Crippen LogP contribution in [-0.2, 0) is 109 Å². The Bertz CT molecular complexity index is 2220. The van der Waals surface area contributed by atoms with Gasteiger partial charge in [0, 0.05) is 120 Å². The number of benzene rings is 9. The third-order valence-corrected chi connectivity index (χ3v) is 19.3. The fourth-order valence-electron chi connectivity index (χ4n) is 7.08. The second kappa shape index (κ2) is 41.0. The molecule has 9 aromatic rings. The maximum absolute atomic E-state index is 13.8. The quantitative estimate of drug-likeness (QED) is 0.128. The van der Waals surface area contributed by atoms with E-state index in [-0.39, 0.29) is 127 Å². The molecule has 0 bridgehead atoms. The summed E-state index contributed by atoms with van der Waals surface area (Å²) < 4.78 is 41.5. The van der Waals surface area contributed by atoms with Crippen molar-refractivity contribution >= 4 is 69.2 Å². The predicted molar refractivity (Wildman–Crippen MR) is 264 cm³/mol. The summed E-state index contributed by atoms with van der Waals surface area (Å²) in [7, 11) is -8.33. The zero-order chi connectivity index (χ0) is 41.5. The summed E-state index contributed by atoms with van der Waals surface area (Å²) in [5.74, 6) is 0. The summed E-state index contributed by atoms with van der Waals surface area (Å²) in [6, 6.07) is 87.4. The SMILES string of the molecule is O=P(c1ccccc1)(c1ccccc1)c1ccccc1.O=P(c1ccccc1)(c1ccccc1)c1ccccc1.O=P(c1ccccc1)(c1ccccc1)c1ccccc1.[O-2].[O-2].[O-2].[O-2].[O-2].[O-2].[O-2].[O-2].[O-2].[O-2].[Re].[Re].[U]. The van der Waals surface area contributed by atoms with Crippen molar-refractivity contribution in [2.75, 3.05) is 0 Å². The van der Waals surface area contributed by atoms with Crippen LogP contribution in [0.4, 0.5) is 0 Å². The molecule has 0 N–H and O–H groups in total. The number of hydrogen-bond acceptors (Lipinski definition) is 3. The summed E-state index contributed by atoms with van der Waals surface area (Å²) in [6.07, 6.45) is 0. The van der Waals surface area contributed by atoms with E-state index in [2.05, 4.69) is 0 Å². The Balaban J connectivity index is -0.000000164. The molecule has 9 rings (SSSR count). The molecule has 0 heterocycles. The van der Waals surface area contributed by atoms with E-state index in [0.717, 1.165) is 47.7 Å². The van der Waals surface area contributed by atoms with Crippen molar-refractivity contribution in [2.45, 2.75) is 0 Å². The van der Waals surface area contributed by atoms with Crippen LogP contribution in [0.15, 0.2) is 273 Å². The summed E-state index contributed by atoms with van der Waals surface area (Å²) in [4.78, 5) is 0. The van der Waals surface area contributed by atoms with Gasteiger partial charge in [-0.25, -0.2) is 0 Å². The van der Waals surface area contributed by atoms with Gasteiger partial charge in [0.25, 0.3) is 0 Å². The van der Waals surface area contributed by atoms with Crippen LogP contribution in [0.5, 0.6) is 0 Å². The Kier molecular flexibility index (Phi) is 46.4. The summed E-state index contributed by atoms with van der Waals surface area (Å²) in [5, 5.41) is 7.85. The standard InChI is InChI=1S/3C18H15OP.10O.2Re.U/c3*19-20(16-10-4-1-5-11-16,17-12-6-2-7-13-17)18-14-8-3-9-15-18;;;;;;;;;;;;;/h3*1-15H;;;;;;;;;;;;;/q;;;10*-2;;;. The number of hydrogen-bond donors (Lipinski definition) is 0. The molecule has 13 nitrogen and oxygen atoms in total. The van der Waals surface area contributed by atoms with Crippen LogP contribution in [0.2, 0.25) is 0 Å². The monoisotopic (exact) mass is 1610 g/mol. The molecule has 0 atom stereocenters. The van der Waals surface area contributed by atoms with Gasteiger partial charge < -0.3 is 68.5 Å². The molecular formula is C54H45O13P3Re2U-20. The van der Waals surface area contributed by atoms with Crippen LogP contribution in [-0.4, -0.2) is 0 Å². The van der Waals surface area contributed by atoms with Crippen molar-refractivity contribution in [1.82, 2.24) is 0 Å². The normalized spacial score (nSPS) is 9.21. The third kappa shape index (κ3) is 19.7. The van der Waals surface area contributed by atoms with Crippen molar-refractivity contribution < 1.29 is 140 Å². The van der Waals surface area contributed by atoms with Gasteiger partial charge in [0.15, 0.2) is 21.4 Å². The fraction of sp³-hybridized carbons (Fsp3) is 0. The molecule has 0 amide bonds. The summed E-state index contributed by atoms with van der Waals surface area (Å²) >= 11 is 0. The van der Waals surface area contributed by atoms with E-state index in [4.69, 9.17) is 0 Å². The second-order valence-corrected chi connectivity index (χ2v) is 22.2. The van der Waals surface area contributed by atoms with Crippen molar-refractivity contribution in [3.05, 3.63) is 273 Å². The Morgan fingerprint density at radius 1 is 0.164 bits per heavy atom. The molecule has 0 aromatic heterocycles. The van der Waals surface area contributed by atoms with Crippen molar-refractivity contribution in [3.8, 4) is 0 Å². The Hall–Kier alpha value is -4.35. The van der Waals surface area contributed by atoms with Gasteiger partial charge in [-0.3, -0.25) is 0 Å². The topological polar surface area (TPSA) is 336 Å². The molecular weight excluding hydrogens is 1560 g/mol. The molecule has 9 aromatic carbocycles. The molecule has 0 aliphatic rings. The second-order valence-electron chi connectivity index (χ2n) is 13.8. The summed E-state index contributed by atoms with van der Waals surface area (Å²) in [6.45, 7) is 0.